The Balaban J connectivity index is 1.95. The third kappa shape index (κ3) is 4.16. The number of amides is 1. The standard InChI is InChI=1S/C14H15BrN4O2/c1-10-4-3-5-11(6-10)9-21-17-7-13-12(15)8-19(18-13)14(20)16-2/h3-8H,9H2,1-2H3,(H,16,20)/b17-7-. The number of carbonyl (C=O) groups is 1. The van der Waals surface area contributed by atoms with E-state index in [-0.39, 0.29) is 6.03 Å². The molecule has 1 aromatic heterocycles. The maximum absolute atomic E-state index is 11.4. The number of benzene rings is 1. The van der Waals surface area contributed by atoms with Gasteiger partial charge >= 0.3 is 6.03 Å². The van der Waals surface area contributed by atoms with E-state index in [0.29, 0.717) is 16.8 Å². The fourth-order valence-corrected chi connectivity index (χ4v) is 2.05. The van der Waals surface area contributed by atoms with E-state index >= 15 is 0 Å². The Bertz CT molecular complexity index is 667. The lowest BCUT2D eigenvalue weighted by Gasteiger charge is -2.00. The molecule has 2 rings (SSSR count). The third-order valence-corrected chi connectivity index (χ3v) is 3.29. The van der Waals surface area contributed by atoms with Crippen LogP contribution in [-0.2, 0) is 11.4 Å². The number of oxime groups is 1. The SMILES string of the molecule is CNC(=O)n1cc(Br)c(/C=N\OCc2cccc(C)c2)n1. The number of nitrogens with zero attached hydrogens (tertiary/aromatic N) is 3. The van der Waals surface area contributed by atoms with E-state index in [2.05, 4.69) is 31.5 Å². The Kier molecular flexibility index (Phi) is 5.10. The second-order valence-corrected chi connectivity index (χ2v) is 5.21. The number of aromatic nitrogens is 2. The van der Waals surface area contributed by atoms with Crippen molar-refractivity contribution >= 4 is 28.2 Å². The van der Waals surface area contributed by atoms with Crippen LogP contribution in [0.25, 0.3) is 0 Å². The summed E-state index contributed by atoms with van der Waals surface area (Å²) in [7, 11) is 1.54. The van der Waals surface area contributed by atoms with Gasteiger partial charge in [0, 0.05) is 7.05 Å². The van der Waals surface area contributed by atoms with Crippen molar-refractivity contribution in [1.29, 1.82) is 0 Å². The summed E-state index contributed by atoms with van der Waals surface area (Å²) in [6.45, 7) is 2.40. The molecule has 0 spiro atoms. The van der Waals surface area contributed by atoms with Gasteiger partial charge in [-0.3, -0.25) is 0 Å². The van der Waals surface area contributed by atoms with Gasteiger partial charge in [0.15, 0.2) is 0 Å². The van der Waals surface area contributed by atoms with Crippen LogP contribution in [0.1, 0.15) is 16.8 Å². The van der Waals surface area contributed by atoms with Crippen LogP contribution in [0.4, 0.5) is 4.79 Å². The van der Waals surface area contributed by atoms with Gasteiger partial charge in [0.1, 0.15) is 12.3 Å². The normalized spacial score (nSPS) is 10.8. The zero-order valence-electron chi connectivity index (χ0n) is 11.7. The van der Waals surface area contributed by atoms with Crippen molar-refractivity contribution in [2.75, 3.05) is 7.05 Å². The Morgan fingerprint density at radius 3 is 3.10 bits per heavy atom. The zero-order valence-corrected chi connectivity index (χ0v) is 13.3. The minimum atomic E-state index is -0.323. The second kappa shape index (κ2) is 7.03. The number of halogens is 1. The first-order valence-electron chi connectivity index (χ1n) is 6.28. The number of nitrogens with one attached hydrogen (secondary N) is 1. The summed E-state index contributed by atoms with van der Waals surface area (Å²) < 4.78 is 1.85. The zero-order chi connectivity index (χ0) is 15.2. The lowest BCUT2D eigenvalue weighted by atomic mass is 10.1. The molecule has 0 saturated carbocycles. The van der Waals surface area contributed by atoms with Crippen molar-refractivity contribution in [3.8, 4) is 0 Å². The average Bonchev–Trinajstić information content (AvgIpc) is 2.84. The van der Waals surface area contributed by atoms with Gasteiger partial charge in [-0.2, -0.15) is 9.78 Å². The summed E-state index contributed by atoms with van der Waals surface area (Å²) in [5, 5.41) is 10.4. The smallest absolute Gasteiger partial charge is 0.341 e. The lowest BCUT2D eigenvalue weighted by molar-refractivity contribution is 0.132. The first-order valence-corrected chi connectivity index (χ1v) is 7.07. The lowest BCUT2D eigenvalue weighted by Crippen LogP contribution is -2.24. The molecule has 0 aliphatic carbocycles. The molecule has 0 radical (unpaired) electrons. The van der Waals surface area contributed by atoms with E-state index in [1.165, 1.54) is 23.5 Å². The predicted octanol–water partition coefficient (Wildman–Crippen LogP) is 2.69. The van der Waals surface area contributed by atoms with Crippen LogP contribution in [0.15, 0.2) is 40.1 Å². The number of hydrogen-bond acceptors (Lipinski definition) is 4. The topological polar surface area (TPSA) is 68.5 Å². The maximum Gasteiger partial charge on any atom is 0.341 e. The molecule has 110 valence electrons. The molecule has 6 nitrogen and oxygen atoms in total. The van der Waals surface area contributed by atoms with Gasteiger partial charge in [0.25, 0.3) is 0 Å². The molecule has 1 aromatic carbocycles. The Morgan fingerprint density at radius 1 is 1.57 bits per heavy atom. The predicted molar refractivity (Wildman–Crippen MR) is 83.3 cm³/mol. The monoisotopic (exact) mass is 350 g/mol. The molecule has 2 aromatic rings. The minimum absolute atomic E-state index is 0.323. The van der Waals surface area contributed by atoms with Gasteiger partial charge in [0.05, 0.1) is 16.9 Å². The first kappa shape index (κ1) is 15.2. The van der Waals surface area contributed by atoms with Crippen molar-refractivity contribution in [1.82, 2.24) is 15.1 Å². The van der Waals surface area contributed by atoms with Crippen molar-refractivity contribution in [2.45, 2.75) is 13.5 Å². The molecule has 1 N–H and O–H groups in total. The fourth-order valence-electron chi connectivity index (χ4n) is 1.67. The minimum Gasteiger partial charge on any atom is -0.391 e. The molecule has 0 unspecified atom stereocenters. The van der Waals surface area contributed by atoms with Gasteiger partial charge in [-0.1, -0.05) is 35.0 Å². The van der Waals surface area contributed by atoms with E-state index in [1.54, 1.807) is 6.20 Å². The summed E-state index contributed by atoms with van der Waals surface area (Å²) in [6, 6.07) is 7.68. The van der Waals surface area contributed by atoms with Crippen molar-refractivity contribution < 1.29 is 9.63 Å². The van der Waals surface area contributed by atoms with E-state index < -0.39 is 0 Å². The van der Waals surface area contributed by atoms with Crippen LogP contribution in [0.2, 0.25) is 0 Å². The van der Waals surface area contributed by atoms with Crippen LogP contribution in [0.5, 0.6) is 0 Å². The van der Waals surface area contributed by atoms with Crippen molar-refractivity contribution in [3.05, 3.63) is 51.8 Å². The van der Waals surface area contributed by atoms with Gasteiger partial charge in [-0.05, 0) is 28.4 Å². The molecule has 0 saturated heterocycles. The highest BCUT2D eigenvalue weighted by atomic mass is 79.9. The number of rotatable bonds is 4. The summed E-state index contributed by atoms with van der Waals surface area (Å²) >= 11 is 3.31. The van der Waals surface area contributed by atoms with Crippen LogP contribution in [-0.4, -0.2) is 29.1 Å². The summed E-state index contributed by atoms with van der Waals surface area (Å²) in [5.41, 5.74) is 2.73. The van der Waals surface area contributed by atoms with Crippen molar-refractivity contribution in [2.24, 2.45) is 5.16 Å². The van der Waals surface area contributed by atoms with E-state index in [9.17, 15) is 4.79 Å². The molecule has 7 heteroatoms. The Labute approximate surface area is 130 Å². The molecular formula is C14H15BrN4O2. The van der Waals surface area contributed by atoms with Crippen LogP contribution in [0, 0.1) is 6.92 Å². The molecule has 1 heterocycles. The van der Waals surface area contributed by atoms with Crippen LogP contribution in [0.3, 0.4) is 0 Å². The highest BCUT2D eigenvalue weighted by molar-refractivity contribution is 9.10. The van der Waals surface area contributed by atoms with Gasteiger partial charge < -0.3 is 10.2 Å². The molecular weight excluding hydrogens is 336 g/mol. The van der Waals surface area contributed by atoms with Crippen molar-refractivity contribution in [3.63, 3.8) is 0 Å². The van der Waals surface area contributed by atoms with Gasteiger partial charge in [-0.25, -0.2) is 4.79 Å². The van der Waals surface area contributed by atoms with E-state index in [1.807, 2.05) is 31.2 Å². The molecule has 0 aliphatic rings. The van der Waals surface area contributed by atoms with Gasteiger partial charge in [0.2, 0.25) is 0 Å². The summed E-state index contributed by atoms with van der Waals surface area (Å²) in [6.07, 6.45) is 3.01. The molecule has 21 heavy (non-hydrogen) atoms. The molecule has 0 bridgehead atoms. The highest BCUT2D eigenvalue weighted by Crippen LogP contribution is 2.13. The van der Waals surface area contributed by atoms with E-state index in [4.69, 9.17) is 4.84 Å². The molecule has 0 atom stereocenters. The molecule has 1 amide bonds. The largest absolute Gasteiger partial charge is 0.391 e. The number of carbonyl (C=O) groups excluding carboxylic acids is 1. The first-order chi connectivity index (χ1) is 10.1. The highest BCUT2D eigenvalue weighted by Gasteiger charge is 2.08. The fraction of sp³-hybridized carbons (Fsp3) is 0.214. The van der Waals surface area contributed by atoms with Gasteiger partial charge in [-0.15, -0.1) is 0 Å². The number of hydrogen-bond donors (Lipinski definition) is 1. The second-order valence-electron chi connectivity index (χ2n) is 4.36. The molecule has 0 fully saturated rings. The van der Waals surface area contributed by atoms with E-state index in [0.717, 1.165) is 5.56 Å². The number of aryl methyl sites for hydroxylation is 1. The summed E-state index contributed by atoms with van der Waals surface area (Å²) in [5.74, 6) is 0. The van der Waals surface area contributed by atoms with Crippen LogP contribution < -0.4 is 5.32 Å². The Morgan fingerprint density at radius 2 is 2.38 bits per heavy atom. The molecule has 0 aliphatic heterocycles. The quantitative estimate of drug-likeness (QED) is 0.680. The summed E-state index contributed by atoms with van der Waals surface area (Å²) in [4.78, 5) is 16.6. The average molecular weight is 351 g/mol. The Hall–Kier alpha value is -2.15. The third-order valence-electron chi connectivity index (χ3n) is 2.68. The maximum atomic E-state index is 11.4. The van der Waals surface area contributed by atoms with Crippen LogP contribution >= 0.6 is 15.9 Å².